The summed E-state index contributed by atoms with van der Waals surface area (Å²) in [6.45, 7) is 2.74. The van der Waals surface area contributed by atoms with E-state index in [-0.39, 0.29) is 12.5 Å². The van der Waals surface area contributed by atoms with Gasteiger partial charge in [0.05, 0.1) is 11.0 Å². The fourth-order valence-corrected chi connectivity index (χ4v) is 4.32. The summed E-state index contributed by atoms with van der Waals surface area (Å²) >= 11 is 2.30. The number of hydrogen-bond donors (Lipinski definition) is 1. The van der Waals surface area contributed by atoms with Crippen molar-refractivity contribution in [1.29, 1.82) is 0 Å². The van der Waals surface area contributed by atoms with E-state index in [9.17, 15) is 13.5 Å². The van der Waals surface area contributed by atoms with Gasteiger partial charge in [-0.2, -0.15) is 4.31 Å². The van der Waals surface area contributed by atoms with Gasteiger partial charge < -0.3 is 5.11 Å². The first kappa shape index (κ1) is 14.5. The number of aliphatic hydroxyl groups excluding tert-OH is 1. The van der Waals surface area contributed by atoms with Crippen molar-refractivity contribution in [3.05, 3.63) is 23.1 Å². The zero-order valence-corrected chi connectivity index (χ0v) is 13.3. The van der Waals surface area contributed by atoms with Gasteiger partial charge in [0.2, 0.25) is 10.0 Å². The van der Waals surface area contributed by atoms with E-state index in [1.807, 2.05) is 19.1 Å². The molecular formula is C12H18INO3S. The standard InChI is InChI=1S/C12H18INO3S/c1-9-7-11(4-5-12(9)13)18(16,17)14-6-2-3-10(15)8-14/h4-5,7,9-10,12,15H,2-3,6,8H2,1H3. The third-order valence-corrected chi connectivity index (χ3v) is 6.80. The van der Waals surface area contributed by atoms with Crippen molar-refractivity contribution in [2.24, 2.45) is 5.92 Å². The molecule has 0 bridgehead atoms. The van der Waals surface area contributed by atoms with E-state index in [0.29, 0.717) is 21.8 Å². The van der Waals surface area contributed by atoms with Gasteiger partial charge in [-0.25, -0.2) is 8.42 Å². The van der Waals surface area contributed by atoms with Gasteiger partial charge in [0.15, 0.2) is 0 Å². The molecule has 0 saturated carbocycles. The lowest BCUT2D eigenvalue weighted by Crippen LogP contribution is -2.42. The van der Waals surface area contributed by atoms with Gasteiger partial charge in [0.25, 0.3) is 0 Å². The lowest BCUT2D eigenvalue weighted by Gasteiger charge is -2.30. The van der Waals surface area contributed by atoms with E-state index < -0.39 is 16.1 Å². The summed E-state index contributed by atoms with van der Waals surface area (Å²) < 4.78 is 26.6. The molecule has 1 heterocycles. The molecule has 0 aromatic heterocycles. The molecule has 3 atom stereocenters. The highest BCUT2D eigenvalue weighted by atomic mass is 127. The van der Waals surface area contributed by atoms with Crippen LogP contribution in [-0.2, 0) is 10.0 Å². The molecule has 1 aliphatic carbocycles. The second-order valence-corrected chi connectivity index (χ2v) is 8.27. The molecule has 18 heavy (non-hydrogen) atoms. The summed E-state index contributed by atoms with van der Waals surface area (Å²) in [7, 11) is -3.43. The van der Waals surface area contributed by atoms with Crippen LogP contribution in [-0.4, -0.2) is 40.9 Å². The number of aliphatic hydroxyl groups is 1. The lowest BCUT2D eigenvalue weighted by molar-refractivity contribution is 0.108. The molecule has 2 aliphatic rings. The van der Waals surface area contributed by atoms with E-state index in [1.54, 1.807) is 6.08 Å². The van der Waals surface area contributed by atoms with Crippen molar-refractivity contribution in [2.45, 2.75) is 29.8 Å². The highest BCUT2D eigenvalue weighted by molar-refractivity contribution is 14.1. The van der Waals surface area contributed by atoms with Crippen molar-refractivity contribution in [3.8, 4) is 0 Å². The van der Waals surface area contributed by atoms with E-state index in [4.69, 9.17) is 0 Å². The molecule has 0 aromatic carbocycles. The minimum atomic E-state index is -3.43. The quantitative estimate of drug-likeness (QED) is 0.583. The molecule has 4 nitrogen and oxygen atoms in total. The summed E-state index contributed by atoms with van der Waals surface area (Å²) in [6.07, 6.45) is 6.31. The highest BCUT2D eigenvalue weighted by Gasteiger charge is 2.31. The van der Waals surface area contributed by atoms with E-state index in [0.717, 1.165) is 6.42 Å². The summed E-state index contributed by atoms with van der Waals surface area (Å²) in [6, 6.07) is 0. The topological polar surface area (TPSA) is 57.6 Å². The average molecular weight is 383 g/mol. The number of allylic oxidation sites excluding steroid dienone is 3. The molecule has 0 aromatic rings. The van der Waals surface area contributed by atoms with Crippen molar-refractivity contribution in [3.63, 3.8) is 0 Å². The molecule has 1 aliphatic heterocycles. The number of piperidine rings is 1. The van der Waals surface area contributed by atoms with Crippen LogP contribution < -0.4 is 0 Å². The van der Waals surface area contributed by atoms with Gasteiger partial charge >= 0.3 is 0 Å². The lowest BCUT2D eigenvalue weighted by atomic mass is 10.0. The Balaban J connectivity index is 2.21. The van der Waals surface area contributed by atoms with Crippen LogP contribution in [0, 0.1) is 5.92 Å². The van der Waals surface area contributed by atoms with Gasteiger partial charge in [-0.15, -0.1) is 0 Å². The van der Waals surface area contributed by atoms with Crippen LogP contribution >= 0.6 is 22.6 Å². The first-order chi connectivity index (χ1) is 8.41. The summed E-state index contributed by atoms with van der Waals surface area (Å²) in [4.78, 5) is 0.372. The number of rotatable bonds is 2. The molecular weight excluding hydrogens is 365 g/mol. The molecule has 3 unspecified atom stereocenters. The Kier molecular flexibility index (Phi) is 4.51. The largest absolute Gasteiger partial charge is 0.392 e. The predicted octanol–water partition coefficient (Wildman–Crippen LogP) is 1.67. The average Bonchev–Trinajstić information content (AvgIpc) is 2.32. The van der Waals surface area contributed by atoms with Crippen LogP contribution in [0.25, 0.3) is 0 Å². The Hall–Kier alpha value is 0.0800. The maximum Gasteiger partial charge on any atom is 0.242 e. The number of halogens is 1. The van der Waals surface area contributed by atoms with Crippen LogP contribution in [0.1, 0.15) is 19.8 Å². The Morgan fingerprint density at radius 3 is 2.83 bits per heavy atom. The zero-order chi connectivity index (χ0) is 13.3. The highest BCUT2D eigenvalue weighted by Crippen LogP contribution is 2.28. The smallest absolute Gasteiger partial charge is 0.242 e. The summed E-state index contributed by atoms with van der Waals surface area (Å²) in [5, 5.41) is 9.59. The molecule has 1 saturated heterocycles. The monoisotopic (exact) mass is 383 g/mol. The fourth-order valence-electron chi connectivity index (χ4n) is 2.23. The van der Waals surface area contributed by atoms with Gasteiger partial charge in [0.1, 0.15) is 0 Å². The van der Waals surface area contributed by atoms with Crippen LogP contribution in [0.2, 0.25) is 0 Å². The minimum Gasteiger partial charge on any atom is -0.392 e. The first-order valence-corrected chi connectivity index (χ1v) is 8.82. The molecule has 6 heteroatoms. The molecule has 1 fully saturated rings. The van der Waals surface area contributed by atoms with E-state index >= 15 is 0 Å². The zero-order valence-electron chi connectivity index (χ0n) is 10.3. The van der Waals surface area contributed by atoms with Gasteiger partial charge in [-0.1, -0.05) is 41.7 Å². The Morgan fingerprint density at radius 1 is 1.50 bits per heavy atom. The first-order valence-electron chi connectivity index (χ1n) is 6.13. The van der Waals surface area contributed by atoms with Crippen molar-refractivity contribution >= 4 is 32.6 Å². The number of β-amino-alcohol motifs (C(OH)–C–C–N with tert-alkyl or cyclic N) is 1. The van der Waals surface area contributed by atoms with Crippen LogP contribution in [0.15, 0.2) is 23.1 Å². The van der Waals surface area contributed by atoms with Gasteiger partial charge in [-0.3, -0.25) is 0 Å². The Morgan fingerprint density at radius 2 is 2.22 bits per heavy atom. The third kappa shape index (κ3) is 2.97. The molecule has 102 valence electrons. The number of sulfonamides is 1. The minimum absolute atomic E-state index is 0.218. The van der Waals surface area contributed by atoms with Crippen molar-refractivity contribution < 1.29 is 13.5 Å². The molecule has 1 N–H and O–H groups in total. The second kappa shape index (κ2) is 5.60. The van der Waals surface area contributed by atoms with E-state index in [1.165, 1.54) is 4.31 Å². The van der Waals surface area contributed by atoms with Gasteiger partial charge in [0, 0.05) is 17.0 Å². The van der Waals surface area contributed by atoms with Crippen LogP contribution in [0.5, 0.6) is 0 Å². The van der Waals surface area contributed by atoms with Crippen LogP contribution in [0.4, 0.5) is 0 Å². The maximum absolute atomic E-state index is 12.4. The van der Waals surface area contributed by atoms with Crippen molar-refractivity contribution in [1.82, 2.24) is 4.31 Å². The Bertz CT molecular complexity index is 472. The number of nitrogens with zero attached hydrogens (tertiary/aromatic N) is 1. The molecule has 2 rings (SSSR count). The Labute approximate surface area is 122 Å². The number of alkyl halides is 1. The van der Waals surface area contributed by atoms with Crippen molar-refractivity contribution in [2.75, 3.05) is 13.1 Å². The fraction of sp³-hybridized carbons (Fsp3) is 0.667. The second-order valence-electron chi connectivity index (χ2n) is 4.89. The molecule has 0 amide bonds. The molecule has 0 radical (unpaired) electrons. The third-order valence-electron chi connectivity index (χ3n) is 3.37. The number of hydrogen-bond acceptors (Lipinski definition) is 3. The normalized spacial score (nSPS) is 34.4. The maximum atomic E-state index is 12.4. The summed E-state index contributed by atoms with van der Waals surface area (Å²) in [5.74, 6) is 0.218. The van der Waals surface area contributed by atoms with E-state index in [2.05, 4.69) is 22.6 Å². The SMILES string of the molecule is CC1C=C(S(=O)(=O)N2CCCC(O)C2)C=CC1I. The molecule has 0 spiro atoms. The van der Waals surface area contributed by atoms with Crippen LogP contribution in [0.3, 0.4) is 0 Å². The summed E-state index contributed by atoms with van der Waals surface area (Å²) in [5.41, 5.74) is 0. The van der Waals surface area contributed by atoms with Gasteiger partial charge in [-0.05, 0) is 24.8 Å². The predicted molar refractivity (Wildman–Crippen MR) is 79.9 cm³/mol.